The molecule has 0 aromatic heterocycles. The van der Waals surface area contributed by atoms with Gasteiger partial charge in [-0.2, -0.15) is 0 Å². The Morgan fingerprint density at radius 3 is 2.06 bits per heavy atom. The molecule has 0 unspecified atom stereocenters. The Morgan fingerprint density at radius 1 is 0.778 bits per heavy atom. The third-order valence-corrected chi connectivity index (χ3v) is 2.51. The number of carbonyl (C=O) groups is 1. The summed E-state index contributed by atoms with van der Waals surface area (Å²) in [5, 5.41) is 0. The predicted molar refractivity (Wildman–Crippen MR) is 75.4 cm³/mol. The summed E-state index contributed by atoms with van der Waals surface area (Å²) in [4.78, 5) is 11.7. The highest BCUT2D eigenvalue weighted by Gasteiger charge is 1.97. The average Bonchev–Trinajstić information content (AvgIpc) is 2.45. The summed E-state index contributed by atoms with van der Waals surface area (Å²) in [5.41, 5.74) is 1.83. The molecule has 0 saturated heterocycles. The van der Waals surface area contributed by atoms with Crippen LogP contribution >= 0.6 is 0 Å². The molecule has 0 aliphatic carbocycles. The Balaban J connectivity index is 1.96. The lowest BCUT2D eigenvalue weighted by Crippen LogP contribution is -1.92. The van der Waals surface area contributed by atoms with Crippen molar-refractivity contribution in [1.29, 1.82) is 0 Å². The van der Waals surface area contributed by atoms with Crippen molar-refractivity contribution in [3.63, 3.8) is 0 Å². The van der Waals surface area contributed by atoms with Gasteiger partial charge in [0.05, 0.1) is 0 Å². The van der Waals surface area contributed by atoms with E-state index in [-0.39, 0.29) is 5.78 Å². The van der Waals surface area contributed by atoms with Crippen molar-refractivity contribution in [2.45, 2.75) is 0 Å². The van der Waals surface area contributed by atoms with E-state index >= 15 is 0 Å². The number of benzene rings is 2. The molecule has 2 aromatic rings. The molecular formula is C17H14O. The Labute approximate surface area is 107 Å². The lowest BCUT2D eigenvalue weighted by Gasteiger charge is -1.92. The molecule has 0 spiro atoms. The molecule has 1 heteroatoms. The van der Waals surface area contributed by atoms with E-state index in [1.165, 1.54) is 0 Å². The first-order valence-electron chi connectivity index (χ1n) is 5.85. The minimum absolute atomic E-state index is 0.0216. The van der Waals surface area contributed by atoms with Crippen LogP contribution in [0.25, 0.3) is 6.08 Å². The molecule has 2 rings (SSSR count). The molecule has 0 fully saturated rings. The van der Waals surface area contributed by atoms with E-state index in [1.54, 1.807) is 12.2 Å². The maximum absolute atomic E-state index is 11.7. The highest BCUT2D eigenvalue weighted by atomic mass is 16.1. The zero-order valence-electron chi connectivity index (χ0n) is 9.99. The van der Waals surface area contributed by atoms with Gasteiger partial charge in [0.2, 0.25) is 0 Å². The molecular weight excluding hydrogens is 220 g/mol. The summed E-state index contributed by atoms with van der Waals surface area (Å²) in [7, 11) is 0. The van der Waals surface area contributed by atoms with Crippen LogP contribution in [0.1, 0.15) is 15.9 Å². The van der Waals surface area contributed by atoms with Gasteiger partial charge in [0, 0.05) is 5.56 Å². The van der Waals surface area contributed by atoms with Crippen molar-refractivity contribution in [2.75, 3.05) is 0 Å². The van der Waals surface area contributed by atoms with Gasteiger partial charge in [-0.05, 0) is 11.6 Å². The topological polar surface area (TPSA) is 17.1 Å². The predicted octanol–water partition coefficient (Wildman–Crippen LogP) is 4.14. The van der Waals surface area contributed by atoms with Gasteiger partial charge < -0.3 is 0 Å². The second-order valence-corrected chi connectivity index (χ2v) is 3.86. The molecule has 1 nitrogen and oxygen atoms in total. The van der Waals surface area contributed by atoms with Crippen molar-refractivity contribution in [3.05, 3.63) is 90.0 Å². The Morgan fingerprint density at radius 2 is 1.39 bits per heavy atom. The van der Waals surface area contributed by atoms with E-state index in [4.69, 9.17) is 0 Å². The summed E-state index contributed by atoms with van der Waals surface area (Å²) in [6.07, 6.45) is 7.18. The van der Waals surface area contributed by atoms with Crippen molar-refractivity contribution in [1.82, 2.24) is 0 Å². The largest absolute Gasteiger partial charge is 0.289 e. The first kappa shape index (κ1) is 12.1. The van der Waals surface area contributed by atoms with Crippen LogP contribution in [-0.4, -0.2) is 5.78 Å². The van der Waals surface area contributed by atoms with Gasteiger partial charge in [0.15, 0.2) is 5.78 Å². The SMILES string of the molecule is O=C(C=C/C=C/c1ccccc1)c1ccccc1. The molecule has 0 radical (unpaired) electrons. The molecule has 2 aromatic carbocycles. The number of hydrogen-bond acceptors (Lipinski definition) is 1. The van der Waals surface area contributed by atoms with Crippen molar-refractivity contribution in [3.8, 4) is 0 Å². The number of carbonyl (C=O) groups excluding carboxylic acids is 1. The van der Waals surface area contributed by atoms with E-state index < -0.39 is 0 Å². The normalized spacial score (nSPS) is 11.1. The van der Waals surface area contributed by atoms with Crippen molar-refractivity contribution < 1.29 is 4.79 Å². The smallest absolute Gasteiger partial charge is 0.185 e. The fraction of sp³-hybridized carbons (Fsp3) is 0. The lowest BCUT2D eigenvalue weighted by molar-refractivity contribution is 0.104. The first-order chi connectivity index (χ1) is 8.86. The zero-order chi connectivity index (χ0) is 12.6. The van der Waals surface area contributed by atoms with Gasteiger partial charge in [-0.1, -0.05) is 78.9 Å². The van der Waals surface area contributed by atoms with Crippen molar-refractivity contribution in [2.24, 2.45) is 0 Å². The third kappa shape index (κ3) is 3.56. The molecule has 0 N–H and O–H groups in total. The molecule has 0 saturated carbocycles. The number of hydrogen-bond donors (Lipinski definition) is 0. The quantitative estimate of drug-likeness (QED) is 0.441. The summed E-state index contributed by atoms with van der Waals surface area (Å²) in [6, 6.07) is 19.2. The van der Waals surface area contributed by atoms with Gasteiger partial charge in [-0.3, -0.25) is 4.79 Å². The molecule has 0 aliphatic rings. The Kier molecular flexibility index (Phi) is 4.26. The van der Waals surface area contributed by atoms with Gasteiger partial charge >= 0.3 is 0 Å². The maximum atomic E-state index is 11.7. The molecule has 0 aliphatic heterocycles. The number of rotatable bonds is 4. The van der Waals surface area contributed by atoms with E-state index in [1.807, 2.05) is 72.8 Å². The standard InChI is InChI=1S/C17H14O/c18-17(16-12-5-2-6-13-16)14-8-7-11-15-9-3-1-4-10-15/h1-14H/b11-7+,14-8?. The van der Waals surface area contributed by atoms with E-state index in [2.05, 4.69) is 0 Å². The van der Waals surface area contributed by atoms with Crippen molar-refractivity contribution >= 4 is 11.9 Å². The average molecular weight is 234 g/mol. The number of ketones is 1. The molecule has 0 heterocycles. The van der Waals surface area contributed by atoms with E-state index in [0.29, 0.717) is 5.56 Å². The second-order valence-electron chi connectivity index (χ2n) is 3.86. The fourth-order valence-corrected chi connectivity index (χ4v) is 1.57. The summed E-state index contributed by atoms with van der Waals surface area (Å²) >= 11 is 0. The van der Waals surface area contributed by atoms with E-state index in [0.717, 1.165) is 5.56 Å². The minimum atomic E-state index is 0.0216. The maximum Gasteiger partial charge on any atom is 0.185 e. The van der Waals surface area contributed by atoms with Crippen LogP contribution < -0.4 is 0 Å². The monoisotopic (exact) mass is 234 g/mol. The van der Waals surface area contributed by atoms with Gasteiger partial charge in [0.1, 0.15) is 0 Å². The van der Waals surface area contributed by atoms with E-state index in [9.17, 15) is 4.79 Å². The summed E-state index contributed by atoms with van der Waals surface area (Å²) in [6.45, 7) is 0. The van der Waals surface area contributed by atoms with Gasteiger partial charge in [-0.25, -0.2) is 0 Å². The molecule has 18 heavy (non-hydrogen) atoms. The van der Waals surface area contributed by atoms with Crippen LogP contribution in [0.15, 0.2) is 78.9 Å². The van der Waals surface area contributed by atoms with Crippen LogP contribution in [0.5, 0.6) is 0 Å². The van der Waals surface area contributed by atoms with Crippen LogP contribution in [0.2, 0.25) is 0 Å². The van der Waals surface area contributed by atoms with Gasteiger partial charge in [0.25, 0.3) is 0 Å². The lowest BCUT2D eigenvalue weighted by atomic mass is 10.1. The Bertz CT molecular complexity index is 551. The highest BCUT2D eigenvalue weighted by molar-refractivity contribution is 6.04. The molecule has 0 atom stereocenters. The third-order valence-electron chi connectivity index (χ3n) is 2.51. The molecule has 88 valence electrons. The van der Waals surface area contributed by atoms with Crippen LogP contribution in [0, 0.1) is 0 Å². The first-order valence-corrected chi connectivity index (χ1v) is 5.85. The molecule has 0 amide bonds. The fourth-order valence-electron chi connectivity index (χ4n) is 1.57. The number of allylic oxidation sites excluding steroid dienone is 3. The van der Waals surface area contributed by atoms with Gasteiger partial charge in [-0.15, -0.1) is 0 Å². The van der Waals surface area contributed by atoms with Crippen LogP contribution in [0.3, 0.4) is 0 Å². The minimum Gasteiger partial charge on any atom is -0.289 e. The van der Waals surface area contributed by atoms with Crippen LogP contribution in [-0.2, 0) is 0 Å². The molecule has 0 bridgehead atoms. The Hall–Kier alpha value is -2.41. The summed E-state index contributed by atoms with van der Waals surface area (Å²) < 4.78 is 0. The zero-order valence-corrected chi connectivity index (χ0v) is 9.99. The van der Waals surface area contributed by atoms with Crippen LogP contribution in [0.4, 0.5) is 0 Å². The second kappa shape index (κ2) is 6.36. The highest BCUT2D eigenvalue weighted by Crippen LogP contribution is 2.03. The summed E-state index contributed by atoms with van der Waals surface area (Å²) in [5.74, 6) is 0.0216.